The first-order valence-electron chi connectivity index (χ1n) is 9.02. The third-order valence-corrected chi connectivity index (χ3v) is 4.15. The number of nitrogens with zero attached hydrogens (tertiary/aromatic N) is 2. The zero-order valence-corrected chi connectivity index (χ0v) is 16.8. The van der Waals surface area contributed by atoms with Crippen LogP contribution >= 0.6 is 0 Å². The van der Waals surface area contributed by atoms with Crippen molar-refractivity contribution in [3.05, 3.63) is 41.4 Å². The first kappa shape index (κ1) is 21.6. The maximum absolute atomic E-state index is 13.1. The molecule has 1 amide bonds. The lowest BCUT2D eigenvalue weighted by Gasteiger charge is -2.19. The summed E-state index contributed by atoms with van der Waals surface area (Å²) in [4.78, 5) is 20.5. The van der Waals surface area contributed by atoms with Crippen LogP contribution in [0.4, 0.5) is 13.2 Å². The fourth-order valence-electron chi connectivity index (χ4n) is 2.88. The number of methoxy groups -OCH3 is 1. The number of fused-ring (bicyclic) bond motifs is 1. The number of hydrogen-bond acceptors (Lipinski definition) is 6. The summed E-state index contributed by atoms with van der Waals surface area (Å²) in [6.45, 7) is 5.36. The first-order chi connectivity index (χ1) is 13.9. The number of hydrogen-bond donors (Lipinski definition) is 2. The molecule has 1 aromatic carbocycles. The summed E-state index contributed by atoms with van der Waals surface area (Å²) in [6.07, 6.45) is -4.61. The summed E-state index contributed by atoms with van der Waals surface area (Å²) in [7, 11) is 1.34. The fraction of sp³-hybridized carbons (Fsp3) is 0.350. The molecular formula is C20H21F3N4O3. The number of aromatic nitrogens is 2. The number of nitrogens with two attached hydrogens (primary N) is 1. The van der Waals surface area contributed by atoms with Gasteiger partial charge >= 0.3 is 6.18 Å². The minimum absolute atomic E-state index is 0.00184. The highest BCUT2D eigenvalue weighted by molar-refractivity contribution is 5.98. The van der Waals surface area contributed by atoms with E-state index in [9.17, 15) is 18.0 Å². The van der Waals surface area contributed by atoms with Gasteiger partial charge in [-0.05, 0) is 45.0 Å². The van der Waals surface area contributed by atoms with Gasteiger partial charge in [0.05, 0.1) is 13.7 Å². The number of ether oxygens (including phenoxy) is 1. The number of oxazole rings is 1. The third-order valence-electron chi connectivity index (χ3n) is 4.15. The first-order valence-corrected chi connectivity index (χ1v) is 9.02. The largest absolute Gasteiger partial charge is 0.494 e. The summed E-state index contributed by atoms with van der Waals surface area (Å²) in [5, 5.41) is 3.11. The Balaban J connectivity index is 2.16. The summed E-state index contributed by atoms with van der Waals surface area (Å²) < 4.78 is 50.2. The lowest BCUT2D eigenvalue weighted by molar-refractivity contribution is -0.140. The Labute approximate surface area is 170 Å². The zero-order chi connectivity index (χ0) is 22.3. The molecule has 0 aliphatic carbocycles. The van der Waals surface area contributed by atoms with Gasteiger partial charge < -0.3 is 20.2 Å². The van der Waals surface area contributed by atoms with Crippen LogP contribution in [-0.4, -0.2) is 28.5 Å². The SMILES string of the molecule is COc1ccc(-c2nc(C(=O)NC(C)(C)C)c(CN)o2)c2ccc(C(F)(F)F)nc12. The predicted molar refractivity (Wildman–Crippen MR) is 104 cm³/mol. The molecule has 0 fully saturated rings. The van der Waals surface area contributed by atoms with Crippen molar-refractivity contribution in [3.63, 3.8) is 0 Å². The van der Waals surface area contributed by atoms with Crippen molar-refractivity contribution in [1.29, 1.82) is 0 Å². The van der Waals surface area contributed by atoms with Crippen LogP contribution in [0, 0.1) is 0 Å². The molecule has 2 heterocycles. The highest BCUT2D eigenvalue weighted by Crippen LogP contribution is 2.36. The Morgan fingerprint density at radius 1 is 1.17 bits per heavy atom. The second-order valence-corrected chi connectivity index (χ2v) is 7.60. The van der Waals surface area contributed by atoms with Gasteiger partial charge in [0.2, 0.25) is 5.89 Å². The van der Waals surface area contributed by atoms with Gasteiger partial charge in [0.1, 0.15) is 17.0 Å². The van der Waals surface area contributed by atoms with Crippen molar-refractivity contribution >= 4 is 16.8 Å². The van der Waals surface area contributed by atoms with Gasteiger partial charge in [-0.15, -0.1) is 0 Å². The van der Waals surface area contributed by atoms with Gasteiger partial charge in [-0.3, -0.25) is 4.79 Å². The Hall–Kier alpha value is -3.14. The van der Waals surface area contributed by atoms with Crippen LogP contribution < -0.4 is 15.8 Å². The maximum Gasteiger partial charge on any atom is 0.433 e. The van der Waals surface area contributed by atoms with Crippen LogP contribution in [-0.2, 0) is 12.7 Å². The predicted octanol–water partition coefficient (Wildman–Crippen LogP) is 3.90. The zero-order valence-electron chi connectivity index (χ0n) is 16.8. The van der Waals surface area contributed by atoms with Crippen molar-refractivity contribution < 1.29 is 27.1 Å². The van der Waals surface area contributed by atoms with Crippen LogP contribution in [0.3, 0.4) is 0 Å². The van der Waals surface area contributed by atoms with Gasteiger partial charge in [0.15, 0.2) is 11.5 Å². The molecule has 0 aliphatic rings. The molecule has 0 radical (unpaired) electrons. The van der Waals surface area contributed by atoms with E-state index in [0.29, 0.717) is 10.9 Å². The van der Waals surface area contributed by atoms with Gasteiger partial charge in [0, 0.05) is 16.5 Å². The van der Waals surface area contributed by atoms with E-state index in [1.165, 1.54) is 19.2 Å². The maximum atomic E-state index is 13.1. The van der Waals surface area contributed by atoms with Gasteiger partial charge in [-0.25, -0.2) is 9.97 Å². The van der Waals surface area contributed by atoms with Crippen LogP contribution in [0.15, 0.2) is 28.7 Å². The molecule has 10 heteroatoms. The molecule has 2 aromatic heterocycles. The quantitative estimate of drug-likeness (QED) is 0.661. The van der Waals surface area contributed by atoms with Crippen molar-refractivity contribution in [2.75, 3.05) is 7.11 Å². The third kappa shape index (κ3) is 4.23. The lowest BCUT2D eigenvalue weighted by atomic mass is 10.1. The summed E-state index contributed by atoms with van der Waals surface area (Å²) >= 11 is 0. The summed E-state index contributed by atoms with van der Waals surface area (Å²) in [5.74, 6) is -0.0938. The number of carbonyl (C=O) groups excluding carboxylic acids is 1. The molecule has 30 heavy (non-hydrogen) atoms. The molecular weight excluding hydrogens is 401 g/mol. The summed E-state index contributed by atoms with van der Waals surface area (Å²) in [6, 6.07) is 5.18. The monoisotopic (exact) mass is 422 g/mol. The van der Waals surface area contributed by atoms with Crippen molar-refractivity contribution in [2.45, 2.75) is 39.0 Å². The van der Waals surface area contributed by atoms with E-state index in [-0.39, 0.29) is 35.2 Å². The smallest absolute Gasteiger partial charge is 0.433 e. The van der Waals surface area contributed by atoms with E-state index in [2.05, 4.69) is 15.3 Å². The Morgan fingerprint density at radius 3 is 2.43 bits per heavy atom. The fourth-order valence-corrected chi connectivity index (χ4v) is 2.88. The minimum atomic E-state index is -4.61. The molecule has 0 atom stereocenters. The van der Waals surface area contributed by atoms with Crippen LogP contribution in [0.25, 0.3) is 22.4 Å². The second kappa shape index (κ2) is 7.60. The van der Waals surface area contributed by atoms with Crippen LogP contribution in [0.5, 0.6) is 5.75 Å². The molecule has 0 saturated carbocycles. The van der Waals surface area contributed by atoms with E-state index in [1.807, 2.05) is 20.8 Å². The highest BCUT2D eigenvalue weighted by atomic mass is 19.4. The topological polar surface area (TPSA) is 103 Å². The standard InChI is InChI=1S/C20H21F3N4O3/c1-19(2,3)27-17(28)16-13(9-24)30-18(26-16)11-5-7-12(29-4)15-10(11)6-8-14(25-15)20(21,22)23/h5-8H,9,24H2,1-4H3,(H,27,28). The summed E-state index contributed by atoms with van der Waals surface area (Å²) in [5.41, 5.74) is 4.52. The molecule has 3 N–H and O–H groups in total. The molecule has 0 aliphatic heterocycles. The molecule has 0 spiro atoms. The average molecular weight is 422 g/mol. The second-order valence-electron chi connectivity index (χ2n) is 7.60. The van der Waals surface area contributed by atoms with E-state index in [1.54, 1.807) is 6.07 Å². The molecule has 160 valence electrons. The van der Waals surface area contributed by atoms with Crippen molar-refractivity contribution in [3.8, 4) is 17.2 Å². The molecule has 0 saturated heterocycles. The Morgan fingerprint density at radius 2 is 1.87 bits per heavy atom. The number of pyridine rings is 1. The number of alkyl halides is 3. The van der Waals surface area contributed by atoms with E-state index in [4.69, 9.17) is 14.9 Å². The van der Waals surface area contributed by atoms with E-state index < -0.39 is 23.3 Å². The lowest BCUT2D eigenvalue weighted by Crippen LogP contribution is -2.41. The number of nitrogens with one attached hydrogen (secondary N) is 1. The molecule has 7 nitrogen and oxygen atoms in total. The molecule has 3 rings (SSSR count). The van der Waals surface area contributed by atoms with E-state index >= 15 is 0 Å². The molecule has 0 unspecified atom stereocenters. The number of benzene rings is 1. The van der Waals surface area contributed by atoms with Gasteiger partial charge in [0.25, 0.3) is 5.91 Å². The Bertz CT molecular complexity index is 1100. The van der Waals surface area contributed by atoms with Crippen LogP contribution in [0.2, 0.25) is 0 Å². The van der Waals surface area contributed by atoms with Gasteiger partial charge in [-0.2, -0.15) is 13.2 Å². The minimum Gasteiger partial charge on any atom is -0.494 e. The van der Waals surface area contributed by atoms with Crippen molar-refractivity contribution in [2.24, 2.45) is 5.73 Å². The molecule has 3 aromatic rings. The number of rotatable bonds is 4. The van der Waals surface area contributed by atoms with Gasteiger partial charge in [-0.1, -0.05) is 0 Å². The number of amides is 1. The highest BCUT2D eigenvalue weighted by Gasteiger charge is 2.33. The Kier molecular flexibility index (Phi) is 5.46. The van der Waals surface area contributed by atoms with Crippen LogP contribution in [0.1, 0.15) is 42.7 Å². The average Bonchev–Trinajstić information content (AvgIpc) is 3.09. The number of halogens is 3. The molecule has 0 bridgehead atoms. The normalized spacial score (nSPS) is 12.3. The number of carbonyl (C=O) groups is 1. The van der Waals surface area contributed by atoms with E-state index in [0.717, 1.165) is 6.07 Å². The van der Waals surface area contributed by atoms with Crippen molar-refractivity contribution in [1.82, 2.24) is 15.3 Å².